The molecule has 1 N–H and O–H groups in total. The van der Waals surface area contributed by atoms with Crippen molar-refractivity contribution in [3.8, 4) is 0 Å². The molecule has 0 saturated carbocycles. The third kappa shape index (κ3) is 7.34. The van der Waals surface area contributed by atoms with Crippen LogP contribution in [-0.4, -0.2) is 41.5 Å². The summed E-state index contributed by atoms with van der Waals surface area (Å²) in [4.78, 5) is 39.8. The number of carbonyl (C=O) groups excluding carboxylic acids is 3. The summed E-state index contributed by atoms with van der Waals surface area (Å²) in [7, 11) is 0. The number of amides is 2. The van der Waals surface area contributed by atoms with E-state index in [0.29, 0.717) is 25.8 Å². The number of hydrogen-bond acceptors (Lipinski definition) is 5. The van der Waals surface area contributed by atoms with Crippen LogP contribution >= 0.6 is 0 Å². The maximum Gasteiger partial charge on any atom is 0.410 e. The molecule has 0 bridgehead atoms. The topological polar surface area (TPSA) is 84.9 Å². The second kappa shape index (κ2) is 12.6. The van der Waals surface area contributed by atoms with Crippen molar-refractivity contribution in [3.05, 3.63) is 71.8 Å². The molecule has 1 aliphatic rings. The molecule has 1 fully saturated rings. The summed E-state index contributed by atoms with van der Waals surface area (Å²) in [5.41, 5.74) is 1.77. The molecule has 0 aliphatic carbocycles. The first-order valence-corrected chi connectivity index (χ1v) is 11.6. The zero-order valence-electron chi connectivity index (χ0n) is 19.1. The summed E-state index contributed by atoms with van der Waals surface area (Å²) in [6.07, 6.45) is 2.87. The Labute approximate surface area is 195 Å². The Morgan fingerprint density at radius 1 is 0.970 bits per heavy atom. The number of rotatable bonds is 10. The standard InChI is InChI=1S/C26H32N2O5/c1-2-3-15-22(25(30)32-18-20-11-6-4-7-12-20)27-24(29)23-16-10-17-28(23)26(31)33-19-21-13-8-5-9-14-21/h4-9,11-14,22-23H,2-3,10,15-19H2,1H3,(H,27,29). The number of nitrogens with one attached hydrogen (secondary N) is 1. The van der Waals surface area contributed by atoms with E-state index < -0.39 is 24.1 Å². The fourth-order valence-electron chi connectivity index (χ4n) is 3.81. The lowest BCUT2D eigenvalue weighted by Gasteiger charge is -2.25. The second-order valence-electron chi connectivity index (χ2n) is 8.19. The van der Waals surface area contributed by atoms with Crippen LogP contribution in [-0.2, 0) is 32.3 Å². The molecule has 0 radical (unpaired) electrons. The molecule has 1 heterocycles. The van der Waals surface area contributed by atoms with E-state index in [1.165, 1.54) is 4.90 Å². The fraction of sp³-hybridized carbons (Fsp3) is 0.423. The summed E-state index contributed by atoms with van der Waals surface area (Å²) in [6.45, 7) is 2.77. The van der Waals surface area contributed by atoms with Crippen LogP contribution in [0.1, 0.15) is 50.2 Å². The summed E-state index contributed by atoms with van der Waals surface area (Å²) in [5, 5.41) is 2.83. The zero-order valence-corrected chi connectivity index (χ0v) is 19.1. The Kier molecular flexibility index (Phi) is 9.30. The Hall–Kier alpha value is -3.35. The van der Waals surface area contributed by atoms with Gasteiger partial charge in [-0.25, -0.2) is 9.59 Å². The number of nitrogens with zero attached hydrogens (tertiary/aromatic N) is 1. The van der Waals surface area contributed by atoms with Gasteiger partial charge in [-0.3, -0.25) is 9.69 Å². The van der Waals surface area contributed by atoms with Gasteiger partial charge in [0.1, 0.15) is 25.3 Å². The van der Waals surface area contributed by atoms with E-state index in [1.807, 2.05) is 67.6 Å². The SMILES string of the molecule is CCCCC(NC(=O)C1CCCN1C(=O)OCc1ccccc1)C(=O)OCc1ccccc1. The number of carbonyl (C=O) groups is 3. The highest BCUT2D eigenvalue weighted by Gasteiger charge is 2.37. The third-order valence-electron chi connectivity index (χ3n) is 5.67. The second-order valence-corrected chi connectivity index (χ2v) is 8.19. The summed E-state index contributed by atoms with van der Waals surface area (Å²) in [6, 6.07) is 17.4. The van der Waals surface area contributed by atoms with Crippen molar-refractivity contribution in [2.45, 2.75) is 64.3 Å². The molecular formula is C26H32N2O5. The van der Waals surface area contributed by atoms with Gasteiger partial charge >= 0.3 is 12.1 Å². The third-order valence-corrected chi connectivity index (χ3v) is 5.67. The van der Waals surface area contributed by atoms with E-state index in [-0.39, 0.29) is 19.1 Å². The number of hydrogen-bond donors (Lipinski definition) is 1. The van der Waals surface area contributed by atoms with Crippen molar-refractivity contribution >= 4 is 18.0 Å². The minimum Gasteiger partial charge on any atom is -0.459 e. The Bertz CT molecular complexity index is 903. The molecule has 7 nitrogen and oxygen atoms in total. The van der Waals surface area contributed by atoms with E-state index in [1.54, 1.807) is 0 Å². The highest BCUT2D eigenvalue weighted by atomic mass is 16.6. The predicted molar refractivity (Wildman–Crippen MR) is 124 cm³/mol. The first-order valence-electron chi connectivity index (χ1n) is 11.6. The van der Waals surface area contributed by atoms with Gasteiger partial charge in [0.2, 0.25) is 5.91 Å². The van der Waals surface area contributed by atoms with Crippen molar-refractivity contribution in [1.82, 2.24) is 10.2 Å². The molecule has 2 atom stereocenters. The molecule has 33 heavy (non-hydrogen) atoms. The molecule has 1 saturated heterocycles. The quantitative estimate of drug-likeness (QED) is 0.546. The average molecular weight is 453 g/mol. The normalized spacial score (nSPS) is 16.2. The van der Waals surface area contributed by atoms with Crippen LogP contribution in [0, 0.1) is 0 Å². The molecule has 2 unspecified atom stereocenters. The summed E-state index contributed by atoms with van der Waals surface area (Å²) < 4.78 is 10.9. The van der Waals surface area contributed by atoms with Crippen LogP contribution in [0.15, 0.2) is 60.7 Å². The number of ether oxygens (including phenoxy) is 2. The van der Waals surface area contributed by atoms with Crippen LogP contribution in [0.2, 0.25) is 0 Å². The van der Waals surface area contributed by atoms with Gasteiger partial charge in [0.05, 0.1) is 0 Å². The lowest BCUT2D eigenvalue weighted by atomic mass is 10.1. The van der Waals surface area contributed by atoms with Crippen molar-refractivity contribution in [3.63, 3.8) is 0 Å². The van der Waals surface area contributed by atoms with Crippen LogP contribution < -0.4 is 5.32 Å². The van der Waals surface area contributed by atoms with E-state index in [9.17, 15) is 14.4 Å². The maximum atomic E-state index is 13.0. The van der Waals surface area contributed by atoms with Crippen LogP contribution in [0.3, 0.4) is 0 Å². The Morgan fingerprint density at radius 3 is 2.18 bits per heavy atom. The van der Waals surface area contributed by atoms with E-state index in [0.717, 1.165) is 24.0 Å². The molecular weight excluding hydrogens is 420 g/mol. The molecule has 2 amide bonds. The van der Waals surface area contributed by atoms with Gasteiger partial charge in [-0.2, -0.15) is 0 Å². The minimum atomic E-state index is -0.746. The highest BCUT2D eigenvalue weighted by Crippen LogP contribution is 2.20. The van der Waals surface area contributed by atoms with Crippen molar-refractivity contribution < 1.29 is 23.9 Å². The van der Waals surface area contributed by atoms with Gasteiger partial charge in [0.25, 0.3) is 0 Å². The van der Waals surface area contributed by atoms with Gasteiger partial charge in [-0.15, -0.1) is 0 Å². The smallest absolute Gasteiger partial charge is 0.410 e. The van der Waals surface area contributed by atoms with Crippen LogP contribution in [0.25, 0.3) is 0 Å². The van der Waals surface area contributed by atoms with E-state index in [4.69, 9.17) is 9.47 Å². The molecule has 0 spiro atoms. The molecule has 0 aromatic heterocycles. The first-order chi connectivity index (χ1) is 16.1. The van der Waals surface area contributed by atoms with Gasteiger partial charge in [0.15, 0.2) is 0 Å². The largest absolute Gasteiger partial charge is 0.459 e. The first kappa shape index (κ1) is 24.3. The maximum absolute atomic E-state index is 13.0. The summed E-state index contributed by atoms with van der Waals surface area (Å²) in [5.74, 6) is -0.807. The van der Waals surface area contributed by atoms with Gasteiger partial charge in [-0.1, -0.05) is 80.4 Å². The molecule has 2 aromatic rings. The number of unbranched alkanes of at least 4 members (excludes halogenated alkanes) is 1. The van der Waals surface area contributed by atoms with Crippen LogP contribution in [0.5, 0.6) is 0 Å². The van der Waals surface area contributed by atoms with Crippen molar-refractivity contribution in [2.75, 3.05) is 6.54 Å². The average Bonchev–Trinajstić information content (AvgIpc) is 3.35. The lowest BCUT2D eigenvalue weighted by Crippen LogP contribution is -2.51. The molecule has 176 valence electrons. The lowest BCUT2D eigenvalue weighted by molar-refractivity contribution is -0.149. The van der Waals surface area contributed by atoms with Gasteiger partial charge in [-0.05, 0) is 30.4 Å². The zero-order chi connectivity index (χ0) is 23.5. The number of benzene rings is 2. The monoisotopic (exact) mass is 452 g/mol. The molecule has 1 aliphatic heterocycles. The number of likely N-dealkylation sites (tertiary alicyclic amines) is 1. The Morgan fingerprint density at radius 2 is 1.58 bits per heavy atom. The molecule has 3 rings (SSSR count). The van der Waals surface area contributed by atoms with Crippen molar-refractivity contribution in [1.29, 1.82) is 0 Å². The minimum absolute atomic E-state index is 0.148. The van der Waals surface area contributed by atoms with E-state index in [2.05, 4.69) is 5.32 Å². The molecule has 2 aromatic carbocycles. The fourth-order valence-corrected chi connectivity index (χ4v) is 3.81. The summed E-state index contributed by atoms with van der Waals surface area (Å²) >= 11 is 0. The highest BCUT2D eigenvalue weighted by molar-refractivity contribution is 5.90. The Balaban J connectivity index is 1.56. The molecule has 7 heteroatoms. The van der Waals surface area contributed by atoms with E-state index >= 15 is 0 Å². The van der Waals surface area contributed by atoms with Crippen molar-refractivity contribution in [2.24, 2.45) is 0 Å². The predicted octanol–water partition coefficient (Wildman–Crippen LogP) is 4.21. The number of esters is 1. The van der Waals surface area contributed by atoms with Crippen LogP contribution in [0.4, 0.5) is 4.79 Å². The van der Waals surface area contributed by atoms with Gasteiger partial charge < -0.3 is 14.8 Å². The van der Waals surface area contributed by atoms with Gasteiger partial charge in [0, 0.05) is 6.54 Å².